The quantitative estimate of drug-likeness (QED) is 0.815. The largest absolute Gasteiger partial charge is 0.508 e. The molecule has 94 valence electrons. The number of halogens is 1. The molecule has 0 saturated carbocycles. The molecular weight excluding hydrogens is 308 g/mol. The van der Waals surface area contributed by atoms with Gasteiger partial charge < -0.3 is 9.84 Å². The van der Waals surface area contributed by atoms with E-state index in [1.54, 1.807) is 12.1 Å². The van der Waals surface area contributed by atoms with Crippen LogP contribution in [0.2, 0.25) is 0 Å². The monoisotopic (exact) mass is 316 g/mol. The molecule has 0 amide bonds. The molecule has 3 rings (SSSR count). The molecule has 19 heavy (non-hydrogen) atoms. The first kappa shape index (κ1) is 12.0. The Bertz CT molecular complexity index is 704. The zero-order chi connectivity index (χ0) is 13.4. The minimum absolute atomic E-state index is 0.0789. The summed E-state index contributed by atoms with van der Waals surface area (Å²) in [6.07, 6.45) is 1.68. The van der Waals surface area contributed by atoms with Crippen molar-refractivity contribution in [1.29, 1.82) is 0 Å². The molecule has 1 heterocycles. The van der Waals surface area contributed by atoms with Crippen molar-refractivity contribution < 1.29 is 14.6 Å². The molecule has 0 spiro atoms. The number of phenolic OH excluding ortho intramolecular Hbond substituents is 1. The molecule has 2 aromatic rings. The molecule has 0 saturated heterocycles. The van der Waals surface area contributed by atoms with Gasteiger partial charge in [0.25, 0.3) is 0 Å². The number of rotatable bonds is 1. The molecule has 0 aliphatic carbocycles. The van der Waals surface area contributed by atoms with Crippen molar-refractivity contribution in [1.82, 2.24) is 0 Å². The van der Waals surface area contributed by atoms with Gasteiger partial charge in [-0.1, -0.05) is 28.1 Å². The molecule has 4 heteroatoms. The van der Waals surface area contributed by atoms with Crippen LogP contribution in [-0.4, -0.2) is 10.9 Å². The number of benzene rings is 2. The fourth-order valence-corrected chi connectivity index (χ4v) is 2.34. The Labute approximate surface area is 118 Å². The van der Waals surface area contributed by atoms with E-state index in [0.29, 0.717) is 11.3 Å². The maximum atomic E-state index is 12.1. The van der Waals surface area contributed by atoms with Gasteiger partial charge in [-0.05, 0) is 35.9 Å². The normalized spacial score (nSPS) is 15.4. The molecule has 1 aliphatic rings. The van der Waals surface area contributed by atoms with E-state index in [1.807, 2.05) is 24.3 Å². The van der Waals surface area contributed by atoms with Crippen molar-refractivity contribution in [2.75, 3.05) is 0 Å². The lowest BCUT2D eigenvalue weighted by Gasteiger charge is -1.99. The van der Waals surface area contributed by atoms with E-state index in [4.69, 9.17) is 4.74 Å². The van der Waals surface area contributed by atoms with Crippen molar-refractivity contribution in [2.45, 2.75) is 0 Å². The number of carbonyl (C=O) groups is 1. The summed E-state index contributed by atoms with van der Waals surface area (Å²) in [5.41, 5.74) is 1.34. The minimum Gasteiger partial charge on any atom is -0.508 e. The van der Waals surface area contributed by atoms with Gasteiger partial charge in [0.2, 0.25) is 5.78 Å². The summed E-state index contributed by atoms with van der Waals surface area (Å²) in [6.45, 7) is 0. The van der Waals surface area contributed by atoms with Crippen molar-refractivity contribution in [3.05, 3.63) is 63.8 Å². The van der Waals surface area contributed by atoms with Crippen molar-refractivity contribution in [3.63, 3.8) is 0 Å². The molecule has 0 unspecified atom stereocenters. The van der Waals surface area contributed by atoms with Gasteiger partial charge in [0.1, 0.15) is 11.5 Å². The Hall–Kier alpha value is -2.07. The van der Waals surface area contributed by atoms with Crippen molar-refractivity contribution >= 4 is 27.8 Å². The molecule has 0 atom stereocenters. The molecule has 1 N–H and O–H groups in total. The van der Waals surface area contributed by atoms with Gasteiger partial charge >= 0.3 is 0 Å². The summed E-state index contributed by atoms with van der Waals surface area (Å²) in [7, 11) is 0. The Balaban J connectivity index is 1.99. The van der Waals surface area contributed by atoms with E-state index in [9.17, 15) is 9.90 Å². The molecule has 3 nitrogen and oxygen atoms in total. The number of Topliss-reactive ketones (excluding diaryl/α,β-unsaturated/α-hetero) is 1. The topological polar surface area (TPSA) is 46.5 Å². The molecule has 2 aromatic carbocycles. The first-order valence-corrected chi connectivity index (χ1v) is 6.45. The highest BCUT2D eigenvalue weighted by Crippen LogP contribution is 2.34. The number of fused-ring (bicyclic) bond motifs is 1. The summed E-state index contributed by atoms with van der Waals surface area (Å²) in [5.74, 6) is 0.565. The highest BCUT2D eigenvalue weighted by atomic mass is 79.9. The summed E-state index contributed by atoms with van der Waals surface area (Å²) >= 11 is 3.38. The third kappa shape index (κ3) is 2.27. The zero-order valence-corrected chi connectivity index (χ0v) is 11.3. The number of ether oxygens (including phenoxy) is 1. The average Bonchev–Trinajstić information content (AvgIpc) is 2.66. The van der Waals surface area contributed by atoms with Crippen molar-refractivity contribution in [3.8, 4) is 11.5 Å². The Kier molecular flexibility index (Phi) is 2.87. The summed E-state index contributed by atoms with van der Waals surface area (Å²) < 4.78 is 6.41. The standard InChI is InChI=1S/C15H9BrO3/c16-10-3-1-2-9(6-10)7-14-15(18)12-5-4-11(17)8-13(12)19-14/h1-8,17H. The van der Waals surface area contributed by atoms with E-state index in [2.05, 4.69) is 15.9 Å². The Morgan fingerprint density at radius 1 is 1.16 bits per heavy atom. The first-order valence-electron chi connectivity index (χ1n) is 5.66. The zero-order valence-electron chi connectivity index (χ0n) is 9.76. The van der Waals surface area contributed by atoms with Crippen LogP contribution in [0.3, 0.4) is 0 Å². The highest BCUT2D eigenvalue weighted by Gasteiger charge is 2.27. The number of phenols is 1. The Morgan fingerprint density at radius 2 is 2.00 bits per heavy atom. The fraction of sp³-hybridized carbons (Fsp3) is 0. The lowest BCUT2D eigenvalue weighted by atomic mass is 10.1. The number of hydrogen-bond donors (Lipinski definition) is 1. The van der Waals surface area contributed by atoms with Crippen LogP contribution in [0.25, 0.3) is 6.08 Å². The van der Waals surface area contributed by atoms with Crippen LogP contribution in [0.15, 0.2) is 52.7 Å². The molecule has 0 bridgehead atoms. The number of hydrogen-bond acceptors (Lipinski definition) is 3. The van der Waals surface area contributed by atoms with E-state index in [-0.39, 0.29) is 17.3 Å². The molecule has 0 aromatic heterocycles. The lowest BCUT2D eigenvalue weighted by Crippen LogP contribution is -1.97. The van der Waals surface area contributed by atoms with Gasteiger partial charge in [0.05, 0.1) is 5.56 Å². The number of allylic oxidation sites excluding steroid dienone is 1. The number of aromatic hydroxyl groups is 1. The fourth-order valence-electron chi connectivity index (χ4n) is 1.92. The third-order valence-electron chi connectivity index (χ3n) is 2.80. The summed E-state index contributed by atoms with van der Waals surface area (Å²) in [5, 5.41) is 9.38. The molecule has 0 radical (unpaired) electrons. The lowest BCUT2D eigenvalue weighted by molar-refractivity contribution is 0.101. The van der Waals surface area contributed by atoms with Crippen LogP contribution in [0.1, 0.15) is 15.9 Å². The molecule has 1 aliphatic heterocycles. The minimum atomic E-state index is -0.171. The van der Waals surface area contributed by atoms with Crippen LogP contribution in [-0.2, 0) is 0 Å². The second-order valence-electron chi connectivity index (χ2n) is 4.18. The summed E-state index contributed by atoms with van der Waals surface area (Å²) in [6, 6.07) is 12.0. The first-order chi connectivity index (χ1) is 9.13. The molecule has 0 fully saturated rings. The second-order valence-corrected chi connectivity index (χ2v) is 5.09. The highest BCUT2D eigenvalue weighted by molar-refractivity contribution is 9.10. The number of carbonyl (C=O) groups excluding carboxylic acids is 1. The van der Waals surface area contributed by atoms with Gasteiger partial charge in [-0.3, -0.25) is 4.79 Å². The molecular formula is C15H9BrO3. The van der Waals surface area contributed by atoms with Crippen molar-refractivity contribution in [2.24, 2.45) is 0 Å². The maximum absolute atomic E-state index is 12.1. The van der Waals surface area contributed by atoms with Gasteiger partial charge in [0, 0.05) is 10.5 Å². The number of ketones is 1. The SMILES string of the molecule is O=C1C(=Cc2cccc(Br)c2)Oc2cc(O)ccc21. The predicted molar refractivity (Wildman–Crippen MR) is 75.2 cm³/mol. The van der Waals surface area contributed by atoms with Crippen LogP contribution < -0.4 is 4.74 Å². The van der Waals surface area contributed by atoms with Crippen LogP contribution >= 0.6 is 15.9 Å². The third-order valence-corrected chi connectivity index (χ3v) is 3.29. The van der Waals surface area contributed by atoms with E-state index in [0.717, 1.165) is 10.0 Å². The van der Waals surface area contributed by atoms with E-state index >= 15 is 0 Å². The van der Waals surface area contributed by atoms with E-state index < -0.39 is 0 Å². The summed E-state index contributed by atoms with van der Waals surface area (Å²) in [4.78, 5) is 12.1. The van der Waals surface area contributed by atoms with Gasteiger partial charge in [-0.25, -0.2) is 0 Å². The smallest absolute Gasteiger partial charge is 0.231 e. The van der Waals surface area contributed by atoms with E-state index in [1.165, 1.54) is 12.1 Å². The Morgan fingerprint density at radius 3 is 2.79 bits per heavy atom. The van der Waals surface area contributed by atoms with Gasteiger partial charge in [0.15, 0.2) is 5.76 Å². The van der Waals surface area contributed by atoms with Gasteiger partial charge in [-0.2, -0.15) is 0 Å². The predicted octanol–water partition coefficient (Wildman–Crippen LogP) is 3.77. The van der Waals surface area contributed by atoms with Crippen LogP contribution in [0, 0.1) is 0 Å². The average molecular weight is 317 g/mol. The van der Waals surface area contributed by atoms with Crippen LogP contribution in [0.4, 0.5) is 0 Å². The maximum Gasteiger partial charge on any atom is 0.231 e. The van der Waals surface area contributed by atoms with Gasteiger partial charge in [-0.15, -0.1) is 0 Å². The second kappa shape index (κ2) is 4.55. The van der Waals surface area contributed by atoms with Crippen LogP contribution in [0.5, 0.6) is 11.5 Å².